The first-order valence-corrected chi connectivity index (χ1v) is 5.93. The predicted octanol–water partition coefficient (Wildman–Crippen LogP) is 3.31. The molecule has 0 aromatic rings. The Morgan fingerprint density at radius 3 is 1.35 bits per heavy atom. The molecule has 0 atom stereocenters. The second-order valence-corrected chi connectivity index (χ2v) is 4.34. The maximum atomic E-state index is 5.47. The van der Waals surface area contributed by atoms with E-state index in [-0.39, 0.29) is 37.2 Å². The van der Waals surface area contributed by atoms with E-state index in [9.17, 15) is 0 Å². The van der Waals surface area contributed by atoms with Gasteiger partial charge in [0.25, 0.3) is 0 Å². The molecule has 0 heterocycles. The van der Waals surface area contributed by atoms with Crippen molar-refractivity contribution in [1.82, 2.24) is 0 Å². The third-order valence-corrected chi connectivity index (χ3v) is 2.46. The Kier molecular flexibility index (Phi) is 26.0. The zero-order valence-corrected chi connectivity index (χ0v) is 13.3. The van der Waals surface area contributed by atoms with Crippen LogP contribution in [0.3, 0.4) is 0 Å². The summed E-state index contributed by atoms with van der Waals surface area (Å²) in [4.78, 5) is 0. The van der Waals surface area contributed by atoms with Gasteiger partial charge in [0.15, 0.2) is 0 Å². The summed E-state index contributed by atoms with van der Waals surface area (Å²) in [7, 11) is 0. The summed E-state index contributed by atoms with van der Waals surface area (Å²) >= 11 is 0. The minimum atomic E-state index is -0.956. The first kappa shape index (κ1) is 26.3. The van der Waals surface area contributed by atoms with E-state index in [1.807, 2.05) is 0 Å². The highest BCUT2D eigenvalue weighted by atomic mass is 35.5. The highest BCUT2D eigenvalue weighted by Gasteiger charge is 2.09. The molecule has 6 N–H and O–H groups in total. The van der Waals surface area contributed by atoms with Crippen molar-refractivity contribution in [3.05, 3.63) is 0 Å². The molecule has 0 aliphatic carbocycles. The van der Waals surface area contributed by atoms with Crippen LogP contribution in [0, 0.1) is 0 Å². The average molecular weight is 311 g/mol. The van der Waals surface area contributed by atoms with Gasteiger partial charge < -0.3 is 17.2 Å². The van der Waals surface area contributed by atoms with E-state index in [4.69, 9.17) is 17.2 Å². The van der Waals surface area contributed by atoms with E-state index >= 15 is 0 Å². The molecule has 0 bridgehead atoms. The van der Waals surface area contributed by atoms with Gasteiger partial charge in [-0.2, -0.15) is 0 Å². The first-order chi connectivity index (χ1) is 6.56. The van der Waals surface area contributed by atoms with Crippen molar-refractivity contribution in [3.8, 4) is 0 Å². The van der Waals surface area contributed by atoms with Gasteiger partial charge in [-0.3, -0.25) is 0 Å². The summed E-state index contributed by atoms with van der Waals surface area (Å²) in [6, 6.07) is 0. The second kappa shape index (κ2) is 16.8. The molecule has 6 heteroatoms. The minimum Gasteiger partial charge on any atom is -0.301 e. The van der Waals surface area contributed by atoms with E-state index < -0.39 is 5.79 Å². The number of unbranched alkanes of at least 4 members (excludes halogenated alkanes) is 7. The van der Waals surface area contributed by atoms with Gasteiger partial charge in [-0.25, -0.2) is 0 Å². The van der Waals surface area contributed by atoms with Crippen molar-refractivity contribution in [1.29, 1.82) is 0 Å². The SMILES string of the molecule is CCCCCCCCCCC(N)(N)N.Cl.Cl.Cl. The van der Waals surface area contributed by atoms with Crippen LogP contribution >= 0.6 is 37.2 Å². The molecule has 0 amide bonds. The maximum absolute atomic E-state index is 5.47. The lowest BCUT2D eigenvalue weighted by Crippen LogP contribution is -2.57. The van der Waals surface area contributed by atoms with Gasteiger partial charge >= 0.3 is 0 Å². The molecule has 17 heavy (non-hydrogen) atoms. The zero-order chi connectivity index (χ0) is 10.9. The van der Waals surface area contributed by atoms with Crippen LogP contribution in [0.1, 0.15) is 64.7 Å². The second-order valence-electron chi connectivity index (χ2n) is 4.34. The predicted molar refractivity (Wildman–Crippen MR) is 84.3 cm³/mol. The highest BCUT2D eigenvalue weighted by molar-refractivity contribution is 5.86. The van der Waals surface area contributed by atoms with E-state index in [0.717, 1.165) is 12.8 Å². The molecule has 0 saturated carbocycles. The Morgan fingerprint density at radius 2 is 1.00 bits per heavy atom. The molecular weight excluding hydrogens is 281 g/mol. The van der Waals surface area contributed by atoms with E-state index in [2.05, 4.69) is 6.92 Å². The van der Waals surface area contributed by atoms with Gasteiger partial charge in [0, 0.05) is 0 Å². The third kappa shape index (κ3) is 26.4. The van der Waals surface area contributed by atoms with E-state index in [0.29, 0.717) is 0 Å². The molecule has 0 rings (SSSR count). The van der Waals surface area contributed by atoms with E-state index in [1.165, 1.54) is 44.9 Å². The number of hydrogen-bond donors (Lipinski definition) is 3. The van der Waals surface area contributed by atoms with Gasteiger partial charge in [0.05, 0.1) is 0 Å². The third-order valence-electron chi connectivity index (χ3n) is 2.46. The lowest BCUT2D eigenvalue weighted by atomic mass is 10.1. The van der Waals surface area contributed by atoms with Crippen molar-refractivity contribution in [3.63, 3.8) is 0 Å². The van der Waals surface area contributed by atoms with Gasteiger partial charge in [0.2, 0.25) is 0 Å². The average Bonchev–Trinajstić information content (AvgIpc) is 2.08. The molecular formula is C11H30Cl3N3. The monoisotopic (exact) mass is 309 g/mol. The first-order valence-electron chi connectivity index (χ1n) is 5.93. The fraction of sp³-hybridized carbons (Fsp3) is 1.00. The number of nitrogens with two attached hydrogens (primary N) is 3. The van der Waals surface area contributed by atoms with Crippen LogP contribution in [-0.2, 0) is 0 Å². The summed E-state index contributed by atoms with van der Waals surface area (Å²) in [6.45, 7) is 2.24. The molecule has 0 aliphatic rings. The van der Waals surface area contributed by atoms with E-state index in [1.54, 1.807) is 0 Å². The maximum Gasteiger partial charge on any atom is 0.115 e. The molecule has 0 aromatic carbocycles. The van der Waals surface area contributed by atoms with Crippen molar-refractivity contribution in [2.75, 3.05) is 0 Å². The molecule has 0 aromatic heterocycles. The molecule has 0 saturated heterocycles. The van der Waals surface area contributed by atoms with Crippen LogP contribution in [0.25, 0.3) is 0 Å². The molecule has 0 spiro atoms. The smallest absolute Gasteiger partial charge is 0.115 e. The van der Waals surface area contributed by atoms with Crippen LogP contribution in [0.4, 0.5) is 0 Å². The summed E-state index contributed by atoms with van der Waals surface area (Å²) in [6.07, 6.45) is 11.1. The molecule has 110 valence electrons. The quantitative estimate of drug-likeness (QED) is 0.451. The molecule has 3 nitrogen and oxygen atoms in total. The van der Waals surface area contributed by atoms with Crippen LogP contribution in [0.5, 0.6) is 0 Å². The fourth-order valence-corrected chi connectivity index (χ4v) is 1.57. The Bertz CT molecular complexity index is 130. The molecule has 0 aliphatic heterocycles. The lowest BCUT2D eigenvalue weighted by molar-refractivity contribution is 0.399. The zero-order valence-electron chi connectivity index (χ0n) is 10.8. The van der Waals surface area contributed by atoms with Gasteiger partial charge in [-0.05, 0) is 12.8 Å². The van der Waals surface area contributed by atoms with Crippen LogP contribution in [-0.4, -0.2) is 5.79 Å². The Labute approximate surface area is 125 Å². The number of rotatable bonds is 9. The van der Waals surface area contributed by atoms with Crippen LogP contribution < -0.4 is 17.2 Å². The van der Waals surface area contributed by atoms with Crippen molar-refractivity contribution in [2.24, 2.45) is 17.2 Å². The van der Waals surface area contributed by atoms with Gasteiger partial charge in [0.1, 0.15) is 5.79 Å². The normalized spacial score (nSPS) is 9.88. The summed E-state index contributed by atoms with van der Waals surface area (Å²) < 4.78 is 0. The Morgan fingerprint density at radius 1 is 0.647 bits per heavy atom. The molecule has 0 radical (unpaired) electrons. The Balaban J connectivity index is -0.000000282. The highest BCUT2D eigenvalue weighted by Crippen LogP contribution is 2.10. The number of hydrogen-bond acceptors (Lipinski definition) is 3. The Hall–Kier alpha value is 0.750. The van der Waals surface area contributed by atoms with Crippen molar-refractivity contribution < 1.29 is 0 Å². The molecule has 0 fully saturated rings. The summed E-state index contributed by atoms with van der Waals surface area (Å²) in [5.41, 5.74) is 16.4. The van der Waals surface area contributed by atoms with Crippen molar-refractivity contribution in [2.45, 2.75) is 70.5 Å². The summed E-state index contributed by atoms with van der Waals surface area (Å²) in [5.74, 6) is -0.956. The number of halogens is 3. The standard InChI is InChI=1S/C11H27N3.3ClH/c1-2-3-4-5-6-7-8-9-10-11(12,13)14;;;/h2-10,12-14H2,1H3;3*1H. The topological polar surface area (TPSA) is 78.1 Å². The summed E-state index contributed by atoms with van der Waals surface area (Å²) in [5, 5.41) is 0. The van der Waals surface area contributed by atoms with Crippen LogP contribution in [0.15, 0.2) is 0 Å². The largest absolute Gasteiger partial charge is 0.301 e. The molecule has 0 unspecified atom stereocenters. The minimum absolute atomic E-state index is 0. The lowest BCUT2D eigenvalue weighted by Gasteiger charge is -2.17. The fourth-order valence-electron chi connectivity index (χ4n) is 1.57. The van der Waals surface area contributed by atoms with Gasteiger partial charge in [-0.15, -0.1) is 37.2 Å². The van der Waals surface area contributed by atoms with Crippen LogP contribution in [0.2, 0.25) is 0 Å². The van der Waals surface area contributed by atoms with Crippen molar-refractivity contribution >= 4 is 37.2 Å². The van der Waals surface area contributed by atoms with Gasteiger partial charge in [-0.1, -0.05) is 51.9 Å².